The van der Waals surface area contributed by atoms with Crippen molar-refractivity contribution < 1.29 is 4.79 Å². The van der Waals surface area contributed by atoms with Crippen molar-refractivity contribution in [3.8, 4) is 0 Å². The largest absolute Gasteiger partial charge is 0.338 e. The number of hydrogen-bond donors (Lipinski definition) is 1. The van der Waals surface area contributed by atoms with E-state index in [9.17, 15) is 4.79 Å². The average molecular weight is 300 g/mol. The molecule has 0 heterocycles. The minimum atomic E-state index is 0.184. The third kappa shape index (κ3) is 5.64. The van der Waals surface area contributed by atoms with Crippen molar-refractivity contribution in [2.75, 3.05) is 19.6 Å². The van der Waals surface area contributed by atoms with Crippen molar-refractivity contribution in [1.82, 2.24) is 10.2 Å². The highest BCUT2D eigenvalue weighted by molar-refractivity contribution is 5.78. The highest BCUT2D eigenvalue weighted by atomic mass is 16.2. The highest BCUT2D eigenvalue weighted by Crippen LogP contribution is 2.19. The van der Waals surface area contributed by atoms with Crippen molar-refractivity contribution in [2.45, 2.75) is 45.6 Å². The van der Waals surface area contributed by atoms with Crippen LogP contribution in [0.3, 0.4) is 0 Å². The summed E-state index contributed by atoms with van der Waals surface area (Å²) in [6, 6.07) is 10.2. The summed E-state index contributed by atoms with van der Waals surface area (Å²) in [5.41, 5.74) is 2.74. The van der Waals surface area contributed by atoms with Crippen LogP contribution in [0, 0.1) is 0 Å². The second kappa shape index (κ2) is 9.42. The van der Waals surface area contributed by atoms with Crippen molar-refractivity contribution in [1.29, 1.82) is 0 Å². The number of nitrogens with zero attached hydrogens (tertiary/aromatic N) is 1. The lowest BCUT2D eigenvalue weighted by Crippen LogP contribution is -2.38. The van der Waals surface area contributed by atoms with Gasteiger partial charge in [-0.3, -0.25) is 4.79 Å². The molecule has 0 unspecified atom stereocenters. The molecule has 3 nitrogen and oxygen atoms in total. The first-order valence-electron chi connectivity index (χ1n) is 8.50. The molecule has 0 spiro atoms. The van der Waals surface area contributed by atoms with E-state index >= 15 is 0 Å². The molecule has 2 rings (SSSR count). The Kier molecular flexibility index (Phi) is 7.17. The maximum atomic E-state index is 12.3. The summed E-state index contributed by atoms with van der Waals surface area (Å²) in [7, 11) is 0. The van der Waals surface area contributed by atoms with Gasteiger partial charge in [0.25, 0.3) is 0 Å². The van der Waals surface area contributed by atoms with Crippen molar-refractivity contribution >= 4 is 5.91 Å². The minimum absolute atomic E-state index is 0.184. The van der Waals surface area contributed by atoms with Gasteiger partial charge in [0, 0.05) is 13.1 Å². The van der Waals surface area contributed by atoms with Gasteiger partial charge in [0.1, 0.15) is 0 Å². The van der Waals surface area contributed by atoms with Crippen LogP contribution in [-0.4, -0.2) is 30.4 Å². The Morgan fingerprint density at radius 2 is 2.05 bits per heavy atom. The summed E-state index contributed by atoms with van der Waals surface area (Å²) in [5, 5.41) is 3.30. The molecule has 0 fully saturated rings. The van der Waals surface area contributed by atoms with Crippen LogP contribution in [0.1, 0.15) is 44.6 Å². The summed E-state index contributed by atoms with van der Waals surface area (Å²) in [4.78, 5) is 14.2. The summed E-state index contributed by atoms with van der Waals surface area (Å²) in [6.07, 6.45) is 8.59. The molecule has 1 aliphatic rings. The molecule has 1 aromatic carbocycles. The van der Waals surface area contributed by atoms with Crippen LogP contribution in [0.5, 0.6) is 0 Å². The summed E-state index contributed by atoms with van der Waals surface area (Å²) >= 11 is 0. The van der Waals surface area contributed by atoms with Crippen LogP contribution in [0.2, 0.25) is 0 Å². The fourth-order valence-corrected chi connectivity index (χ4v) is 2.87. The molecule has 1 aliphatic carbocycles. The van der Waals surface area contributed by atoms with E-state index in [-0.39, 0.29) is 5.91 Å². The highest BCUT2D eigenvalue weighted by Gasteiger charge is 2.11. The Morgan fingerprint density at radius 1 is 1.23 bits per heavy atom. The molecule has 0 radical (unpaired) electrons. The molecule has 0 aromatic heterocycles. The fraction of sp³-hybridized carbons (Fsp3) is 0.526. The Bertz CT molecular complexity index is 481. The maximum Gasteiger partial charge on any atom is 0.236 e. The molecule has 0 saturated heterocycles. The Labute approximate surface area is 134 Å². The van der Waals surface area contributed by atoms with Gasteiger partial charge in [-0.2, -0.15) is 0 Å². The number of likely N-dealkylation sites (N-methyl/N-ethyl adjacent to an activating group) is 1. The number of carbonyl (C=O) groups is 1. The maximum absolute atomic E-state index is 12.3. The van der Waals surface area contributed by atoms with Crippen molar-refractivity contribution in [2.24, 2.45) is 0 Å². The Morgan fingerprint density at radius 3 is 2.73 bits per heavy atom. The Hall–Kier alpha value is -1.61. The lowest BCUT2D eigenvalue weighted by molar-refractivity contribution is -0.130. The Balaban J connectivity index is 1.69. The van der Waals surface area contributed by atoms with E-state index in [0.717, 1.165) is 19.5 Å². The normalized spacial score (nSPS) is 14.5. The topological polar surface area (TPSA) is 32.3 Å². The second-order valence-corrected chi connectivity index (χ2v) is 5.93. The molecule has 0 atom stereocenters. The van der Waals surface area contributed by atoms with E-state index < -0.39 is 0 Å². The van der Waals surface area contributed by atoms with Crippen LogP contribution in [0.4, 0.5) is 0 Å². The summed E-state index contributed by atoms with van der Waals surface area (Å²) < 4.78 is 0. The predicted octanol–water partition coefficient (Wildman–Crippen LogP) is 3.52. The van der Waals surface area contributed by atoms with Crippen LogP contribution in [-0.2, 0) is 11.3 Å². The predicted molar refractivity (Wildman–Crippen MR) is 91.6 cm³/mol. The standard InChI is InChI=1S/C19H28N2O/c1-2-21(16-18-11-7-4-8-12-18)19(22)15-20-14-13-17-9-5-3-6-10-17/h4,7-9,11-12,20H,2-3,5-6,10,13-16H2,1H3. The molecule has 0 saturated carbocycles. The van der Waals surface area contributed by atoms with Crippen LogP contribution in [0.25, 0.3) is 0 Å². The minimum Gasteiger partial charge on any atom is -0.338 e. The van der Waals surface area contributed by atoms with Gasteiger partial charge in [0.05, 0.1) is 6.54 Å². The van der Waals surface area contributed by atoms with E-state index in [4.69, 9.17) is 0 Å². The van der Waals surface area contributed by atoms with Gasteiger partial charge in [-0.25, -0.2) is 0 Å². The number of carbonyl (C=O) groups excluding carboxylic acids is 1. The number of hydrogen-bond acceptors (Lipinski definition) is 2. The van der Waals surface area contributed by atoms with Gasteiger partial charge >= 0.3 is 0 Å². The van der Waals surface area contributed by atoms with Gasteiger partial charge in [-0.1, -0.05) is 42.0 Å². The fourth-order valence-electron chi connectivity index (χ4n) is 2.87. The van der Waals surface area contributed by atoms with Crippen LogP contribution in [0.15, 0.2) is 42.0 Å². The second-order valence-electron chi connectivity index (χ2n) is 5.93. The van der Waals surface area contributed by atoms with Crippen LogP contribution >= 0.6 is 0 Å². The summed E-state index contributed by atoms with van der Waals surface area (Å²) in [5.74, 6) is 0.184. The van der Waals surface area contributed by atoms with Crippen molar-refractivity contribution in [3.63, 3.8) is 0 Å². The smallest absolute Gasteiger partial charge is 0.236 e. The lowest BCUT2D eigenvalue weighted by Gasteiger charge is -2.21. The molecular formula is C19H28N2O. The number of allylic oxidation sites excluding steroid dienone is 1. The molecule has 0 aliphatic heterocycles. The van der Waals surface area contributed by atoms with Gasteiger partial charge in [-0.15, -0.1) is 0 Å². The molecule has 1 aromatic rings. The van der Waals surface area contributed by atoms with E-state index in [0.29, 0.717) is 13.1 Å². The zero-order chi connectivity index (χ0) is 15.6. The average Bonchev–Trinajstić information content (AvgIpc) is 2.58. The number of amides is 1. The van der Waals surface area contributed by atoms with Gasteiger partial charge in [-0.05, 0) is 51.1 Å². The zero-order valence-corrected chi connectivity index (χ0v) is 13.7. The monoisotopic (exact) mass is 300 g/mol. The number of rotatable bonds is 8. The third-order valence-corrected chi connectivity index (χ3v) is 4.23. The molecule has 22 heavy (non-hydrogen) atoms. The first kappa shape index (κ1) is 16.8. The van der Waals surface area contributed by atoms with E-state index in [1.165, 1.54) is 31.2 Å². The molecule has 120 valence electrons. The molecular weight excluding hydrogens is 272 g/mol. The summed E-state index contributed by atoms with van der Waals surface area (Å²) in [6.45, 7) is 4.83. The molecule has 1 amide bonds. The van der Waals surface area contributed by atoms with E-state index in [2.05, 4.69) is 23.5 Å². The van der Waals surface area contributed by atoms with Crippen molar-refractivity contribution in [3.05, 3.63) is 47.5 Å². The van der Waals surface area contributed by atoms with Crippen LogP contribution < -0.4 is 5.32 Å². The molecule has 3 heteroatoms. The van der Waals surface area contributed by atoms with Gasteiger partial charge in [0.2, 0.25) is 5.91 Å². The van der Waals surface area contributed by atoms with E-state index in [1.807, 2.05) is 30.0 Å². The number of nitrogens with one attached hydrogen (secondary N) is 1. The first-order chi connectivity index (χ1) is 10.8. The van der Waals surface area contributed by atoms with Gasteiger partial charge in [0.15, 0.2) is 0 Å². The number of benzene rings is 1. The third-order valence-electron chi connectivity index (χ3n) is 4.23. The first-order valence-corrected chi connectivity index (χ1v) is 8.50. The molecule has 1 N–H and O–H groups in total. The lowest BCUT2D eigenvalue weighted by atomic mass is 9.97. The SMILES string of the molecule is CCN(Cc1ccccc1)C(=O)CNCCC1=CCCCC1. The van der Waals surface area contributed by atoms with Gasteiger partial charge < -0.3 is 10.2 Å². The molecule has 0 bridgehead atoms. The quantitative estimate of drug-likeness (QED) is 0.588. The zero-order valence-electron chi connectivity index (χ0n) is 13.7. The van der Waals surface area contributed by atoms with E-state index in [1.54, 1.807) is 5.57 Å².